The maximum Gasteiger partial charge on any atom is 0.407 e. The van der Waals surface area contributed by atoms with Crippen molar-refractivity contribution < 1.29 is 24.2 Å². The molecular weight excluding hydrogens is 264 g/mol. The minimum atomic E-state index is -1.01. The predicted molar refractivity (Wildman–Crippen MR) is 71.1 cm³/mol. The van der Waals surface area contributed by atoms with Gasteiger partial charge in [-0.3, -0.25) is 4.79 Å². The smallest absolute Gasteiger partial charge is 0.407 e. The van der Waals surface area contributed by atoms with Crippen molar-refractivity contribution >= 4 is 18.0 Å². The summed E-state index contributed by atoms with van der Waals surface area (Å²) in [5.41, 5.74) is 0. The highest BCUT2D eigenvalue weighted by molar-refractivity contribution is 5.90. The summed E-state index contributed by atoms with van der Waals surface area (Å²) in [4.78, 5) is 36.5. The van der Waals surface area contributed by atoms with E-state index >= 15 is 0 Å². The molecular formula is C13H22N2O5. The van der Waals surface area contributed by atoms with Gasteiger partial charge in [-0.15, -0.1) is 0 Å². The summed E-state index contributed by atoms with van der Waals surface area (Å²) in [6.45, 7) is 5.39. The Balaban J connectivity index is 2.92. The Morgan fingerprint density at radius 1 is 1.30 bits per heavy atom. The van der Waals surface area contributed by atoms with Gasteiger partial charge in [-0.05, 0) is 25.7 Å². The number of likely N-dealkylation sites (tertiary alicyclic amines) is 1. The highest BCUT2D eigenvalue weighted by Crippen LogP contribution is 2.26. The van der Waals surface area contributed by atoms with E-state index in [1.165, 1.54) is 12.0 Å². The first-order valence-electron chi connectivity index (χ1n) is 6.69. The topological polar surface area (TPSA) is 95.9 Å². The molecule has 0 bridgehead atoms. The van der Waals surface area contributed by atoms with Crippen molar-refractivity contribution in [1.29, 1.82) is 0 Å². The van der Waals surface area contributed by atoms with Gasteiger partial charge in [0.1, 0.15) is 12.1 Å². The Hall–Kier alpha value is -1.79. The van der Waals surface area contributed by atoms with E-state index in [1.54, 1.807) is 13.8 Å². The molecule has 1 aliphatic heterocycles. The van der Waals surface area contributed by atoms with E-state index in [1.807, 2.05) is 6.92 Å². The van der Waals surface area contributed by atoms with E-state index < -0.39 is 24.1 Å². The molecule has 1 fully saturated rings. The Bertz CT molecular complexity index is 396. The molecule has 1 aliphatic rings. The molecule has 7 nitrogen and oxygen atoms in total. The number of carboxylic acid groups (broad SMARTS) is 1. The lowest BCUT2D eigenvalue weighted by molar-refractivity contribution is -0.150. The zero-order chi connectivity index (χ0) is 15.4. The molecule has 114 valence electrons. The molecule has 7 heteroatoms. The van der Waals surface area contributed by atoms with Crippen LogP contribution in [0.4, 0.5) is 4.79 Å². The standard InChI is InChI=1S/C13H22N2O5/c1-7(2)10(14-13(19)20-4)11(16)15-8(3)5-6-9(15)12(17)18/h7-10H,5-6H2,1-4H3,(H,14,19)(H,17,18)/t8-,9-,10?/m0/s1. The molecule has 0 saturated carbocycles. The van der Waals surface area contributed by atoms with Crippen molar-refractivity contribution in [2.75, 3.05) is 7.11 Å². The number of carbonyl (C=O) groups excluding carboxylic acids is 2. The quantitative estimate of drug-likeness (QED) is 0.798. The second-order valence-electron chi connectivity index (χ2n) is 5.38. The normalized spacial score (nSPS) is 23.6. The lowest BCUT2D eigenvalue weighted by Gasteiger charge is -2.31. The number of carboxylic acids is 1. The fourth-order valence-electron chi connectivity index (χ4n) is 2.46. The van der Waals surface area contributed by atoms with Crippen LogP contribution in [-0.4, -0.2) is 53.2 Å². The SMILES string of the molecule is COC(=O)NC(C(=O)N1[C@@H](C)CC[C@H]1C(=O)O)C(C)C. The second-order valence-corrected chi connectivity index (χ2v) is 5.38. The van der Waals surface area contributed by atoms with Gasteiger partial charge >= 0.3 is 12.1 Å². The summed E-state index contributed by atoms with van der Waals surface area (Å²) in [5.74, 6) is -1.55. The van der Waals surface area contributed by atoms with Crippen LogP contribution in [0.15, 0.2) is 0 Å². The van der Waals surface area contributed by atoms with Crippen LogP contribution in [0, 0.1) is 5.92 Å². The third kappa shape index (κ3) is 3.40. The fraction of sp³-hybridized carbons (Fsp3) is 0.769. The van der Waals surface area contributed by atoms with E-state index in [4.69, 9.17) is 0 Å². The van der Waals surface area contributed by atoms with E-state index in [-0.39, 0.29) is 17.9 Å². The lowest BCUT2D eigenvalue weighted by Crippen LogP contribution is -2.55. The number of methoxy groups -OCH3 is 1. The molecule has 0 spiro atoms. The zero-order valence-electron chi connectivity index (χ0n) is 12.3. The number of hydrogen-bond donors (Lipinski definition) is 2. The third-order valence-corrected chi connectivity index (χ3v) is 3.60. The van der Waals surface area contributed by atoms with Crippen molar-refractivity contribution in [1.82, 2.24) is 10.2 Å². The first kappa shape index (κ1) is 16.3. The van der Waals surface area contributed by atoms with Crippen molar-refractivity contribution in [3.63, 3.8) is 0 Å². The minimum Gasteiger partial charge on any atom is -0.480 e. The molecule has 20 heavy (non-hydrogen) atoms. The van der Waals surface area contributed by atoms with Gasteiger partial charge in [0.05, 0.1) is 7.11 Å². The maximum atomic E-state index is 12.6. The minimum absolute atomic E-state index is 0.149. The number of rotatable bonds is 4. The maximum absolute atomic E-state index is 12.6. The number of nitrogens with zero attached hydrogens (tertiary/aromatic N) is 1. The van der Waals surface area contributed by atoms with Crippen molar-refractivity contribution in [3.05, 3.63) is 0 Å². The first-order chi connectivity index (χ1) is 9.29. The van der Waals surface area contributed by atoms with Crippen LogP contribution in [-0.2, 0) is 14.3 Å². The van der Waals surface area contributed by atoms with Crippen LogP contribution < -0.4 is 5.32 Å². The van der Waals surface area contributed by atoms with Gasteiger partial charge in [0, 0.05) is 6.04 Å². The molecule has 0 aromatic heterocycles. The molecule has 3 atom stereocenters. The molecule has 1 unspecified atom stereocenters. The monoisotopic (exact) mass is 286 g/mol. The Labute approximate surface area is 118 Å². The number of alkyl carbamates (subject to hydrolysis) is 1. The average molecular weight is 286 g/mol. The zero-order valence-corrected chi connectivity index (χ0v) is 12.3. The van der Waals surface area contributed by atoms with Crippen LogP contribution in [0.25, 0.3) is 0 Å². The van der Waals surface area contributed by atoms with E-state index in [0.717, 1.165) is 0 Å². The van der Waals surface area contributed by atoms with Crippen LogP contribution in [0.5, 0.6) is 0 Å². The summed E-state index contributed by atoms with van der Waals surface area (Å²) >= 11 is 0. The first-order valence-corrected chi connectivity index (χ1v) is 6.69. The van der Waals surface area contributed by atoms with Crippen LogP contribution in [0.1, 0.15) is 33.6 Å². The molecule has 0 aliphatic carbocycles. The number of amides is 2. The Morgan fingerprint density at radius 3 is 2.35 bits per heavy atom. The third-order valence-electron chi connectivity index (χ3n) is 3.60. The number of nitrogens with one attached hydrogen (secondary N) is 1. The van der Waals surface area contributed by atoms with Gasteiger partial charge in [0.2, 0.25) is 5.91 Å². The number of aliphatic carboxylic acids is 1. The summed E-state index contributed by atoms with van der Waals surface area (Å²) in [6.07, 6.45) is 0.382. The number of hydrogen-bond acceptors (Lipinski definition) is 4. The van der Waals surface area contributed by atoms with Gasteiger partial charge in [-0.2, -0.15) is 0 Å². The van der Waals surface area contributed by atoms with Crippen molar-refractivity contribution in [3.8, 4) is 0 Å². The van der Waals surface area contributed by atoms with Gasteiger partial charge < -0.3 is 20.1 Å². The molecule has 1 heterocycles. The summed E-state index contributed by atoms with van der Waals surface area (Å²) < 4.78 is 4.51. The number of ether oxygens (including phenoxy) is 1. The van der Waals surface area contributed by atoms with Crippen LogP contribution >= 0.6 is 0 Å². The van der Waals surface area contributed by atoms with E-state index in [2.05, 4.69) is 10.1 Å². The van der Waals surface area contributed by atoms with Crippen molar-refractivity contribution in [2.24, 2.45) is 5.92 Å². The number of carbonyl (C=O) groups is 3. The summed E-state index contributed by atoms with van der Waals surface area (Å²) in [5, 5.41) is 11.7. The van der Waals surface area contributed by atoms with Gasteiger partial charge in [0.25, 0.3) is 0 Å². The Morgan fingerprint density at radius 2 is 1.90 bits per heavy atom. The fourth-order valence-corrected chi connectivity index (χ4v) is 2.46. The van der Waals surface area contributed by atoms with Gasteiger partial charge in [-0.1, -0.05) is 13.8 Å². The molecule has 2 N–H and O–H groups in total. The van der Waals surface area contributed by atoms with Crippen molar-refractivity contribution in [2.45, 2.75) is 51.7 Å². The molecule has 0 radical (unpaired) electrons. The van der Waals surface area contributed by atoms with Gasteiger partial charge in [-0.25, -0.2) is 9.59 Å². The highest BCUT2D eigenvalue weighted by Gasteiger charge is 2.42. The molecule has 1 saturated heterocycles. The molecule has 2 amide bonds. The van der Waals surface area contributed by atoms with E-state index in [0.29, 0.717) is 12.8 Å². The van der Waals surface area contributed by atoms with Gasteiger partial charge in [0.15, 0.2) is 0 Å². The lowest BCUT2D eigenvalue weighted by atomic mass is 10.0. The summed E-state index contributed by atoms with van der Waals surface area (Å²) in [6, 6.07) is -1.76. The highest BCUT2D eigenvalue weighted by atomic mass is 16.5. The molecule has 0 aromatic rings. The second kappa shape index (κ2) is 6.58. The molecule has 0 aromatic carbocycles. The van der Waals surface area contributed by atoms with Crippen LogP contribution in [0.3, 0.4) is 0 Å². The average Bonchev–Trinajstić information content (AvgIpc) is 2.76. The van der Waals surface area contributed by atoms with E-state index in [9.17, 15) is 19.5 Å². The Kier molecular flexibility index (Phi) is 5.35. The molecule has 1 rings (SSSR count). The predicted octanol–water partition coefficient (Wildman–Crippen LogP) is 0.831. The summed E-state index contributed by atoms with van der Waals surface area (Å²) in [7, 11) is 1.22. The largest absolute Gasteiger partial charge is 0.480 e. The van der Waals surface area contributed by atoms with Crippen LogP contribution in [0.2, 0.25) is 0 Å².